The second kappa shape index (κ2) is 7.54. The van der Waals surface area contributed by atoms with E-state index in [9.17, 15) is 4.79 Å². The number of nitrogens with zero attached hydrogens (tertiary/aromatic N) is 1. The molecule has 0 aromatic heterocycles. The molecule has 2 aromatic carbocycles. The Bertz CT molecular complexity index is 684. The van der Waals surface area contributed by atoms with Gasteiger partial charge in [0.2, 0.25) is 5.91 Å². The van der Waals surface area contributed by atoms with Crippen LogP contribution < -0.4 is 19.1 Å². The van der Waals surface area contributed by atoms with Crippen LogP contribution in [0.1, 0.15) is 5.56 Å². The van der Waals surface area contributed by atoms with E-state index < -0.39 is 0 Å². The summed E-state index contributed by atoms with van der Waals surface area (Å²) in [5, 5.41) is 0. The fraction of sp³-hybridized carbons (Fsp3) is 0.278. The first-order valence-electron chi connectivity index (χ1n) is 7.20. The number of ether oxygens (including phenoxy) is 3. The zero-order valence-corrected chi connectivity index (χ0v) is 13.8. The van der Waals surface area contributed by atoms with Gasteiger partial charge in [0, 0.05) is 18.8 Å². The van der Waals surface area contributed by atoms with E-state index in [0.717, 1.165) is 17.0 Å². The van der Waals surface area contributed by atoms with E-state index >= 15 is 0 Å². The van der Waals surface area contributed by atoms with E-state index in [1.54, 1.807) is 45.4 Å². The minimum absolute atomic E-state index is 0.0227. The normalized spacial score (nSPS) is 10.1. The van der Waals surface area contributed by atoms with Gasteiger partial charge in [0.15, 0.2) is 11.5 Å². The van der Waals surface area contributed by atoms with Gasteiger partial charge in [-0.05, 0) is 29.8 Å². The van der Waals surface area contributed by atoms with Gasteiger partial charge in [-0.25, -0.2) is 0 Å². The molecule has 122 valence electrons. The molecule has 0 spiro atoms. The SMILES string of the molecule is COc1cccc(CC(=O)N(C)c2ccc(OC)c(OC)c2)c1. The van der Waals surface area contributed by atoms with Gasteiger partial charge in [0.1, 0.15) is 5.75 Å². The van der Waals surface area contributed by atoms with Gasteiger partial charge >= 0.3 is 0 Å². The molecule has 23 heavy (non-hydrogen) atoms. The molecule has 5 nitrogen and oxygen atoms in total. The molecular weight excluding hydrogens is 294 g/mol. The number of hydrogen-bond donors (Lipinski definition) is 0. The van der Waals surface area contributed by atoms with Gasteiger partial charge in [0.25, 0.3) is 0 Å². The molecule has 0 radical (unpaired) electrons. The maximum absolute atomic E-state index is 12.5. The highest BCUT2D eigenvalue weighted by molar-refractivity contribution is 5.94. The highest BCUT2D eigenvalue weighted by Crippen LogP contribution is 2.31. The lowest BCUT2D eigenvalue weighted by atomic mass is 10.1. The van der Waals surface area contributed by atoms with Crippen LogP contribution in [0.2, 0.25) is 0 Å². The molecule has 0 unspecified atom stereocenters. The van der Waals surface area contributed by atoms with Gasteiger partial charge in [-0.15, -0.1) is 0 Å². The van der Waals surface area contributed by atoms with Crippen LogP contribution in [0, 0.1) is 0 Å². The van der Waals surface area contributed by atoms with Crippen LogP contribution in [0.25, 0.3) is 0 Å². The molecule has 5 heteroatoms. The van der Waals surface area contributed by atoms with Crippen molar-refractivity contribution in [3.05, 3.63) is 48.0 Å². The van der Waals surface area contributed by atoms with E-state index in [1.165, 1.54) is 0 Å². The Balaban J connectivity index is 2.15. The first-order chi connectivity index (χ1) is 11.1. The number of carbonyl (C=O) groups is 1. The molecule has 0 aliphatic rings. The highest BCUT2D eigenvalue weighted by Gasteiger charge is 2.14. The summed E-state index contributed by atoms with van der Waals surface area (Å²) >= 11 is 0. The third-order valence-corrected chi connectivity index (χ3v) is 3.62. The number of carbonyl (C=O) groups excluding carboxylic acids is 1. The Hall–Kier alpha value is -2.69. The first kappa shape index (κ1) is 16.7. The average Bonchev–Trinajstić information content (AvgIpc) is 2.60. The van der Waals surface area contributed by atoms with Crippen LogP contribution in [0.4, 0.5) is 5.69 Å². The Kier molecular flexibility index (Phi) is 5.46. The number of methoxy groups -OCH3 is 3. The summed E-state index contributed by atoms with van der Waals surface area (Å²) in [6.45, 7) is 0. The largest absolute Gasteiger partial charge is 0.497 e. The first-order valence-corrected chi connectivity index (χ1v) is 7.20. The number of likely N-dealkylation sites (N-methyl/N-ethyl adjacent to an activating group) is 1. The molecule has 2 aromatic rings. The summed E-state index contributed by atoms with van der Waals surface area (Å²) in [5.74, 6) is 1.94. The van der Waals surface area contributed by atoms with Crippen molar-refractivity contribution in [1.29, 1.82) is 0 Å². The Morgan fingerprint density at radius 1 is 0.957 bits per heavy atom. The molecule has 0 saturated heterocycles. The lowest BCUT2D eigenvalue weighted by Gasteiger charge is -2.19. The summed E-state index contributed by atoms with van der Waals surface area (Å²) < 4.78 is 15.7. The standard InChI is InChI=1S/C18H21NO4/c1-19(14-8-9-16(22-3)17(12-14)23-4)18(20)11-13-6-5-7-15(10-13)21-2/h5-10,12H,11H2,1-4H3. The highest BCUT2D eigenvalue weighted by atomic mass is 16.5. The van der Waals surface area contributed by atoms with Gasteiger partial charge in [-0.1, -0.05) is 12.1 Å². The molecule has 0 aliphatic heterocycles. The third-order valence-electron chi connectivity index (χ3n) is 3.62. The molecule has 0 saturated carbocycles. The van der Waals surface area contributed by atoms with E-state index in [1.807, 2.05) is 30.3 Å². The van der Waals surface area contributed by atoms with Crippen molar-refractivity contribution < 1.29 is 19.0 Å². The fourth-order valence-electron chi connectivity index (χ4n) is 2.25. The molecule has 0 bridgehead atoms. The second-order valence-corrected chi connectivity index (χ2v) is 5.02. The molecule has 0 atom stereocenters. The van der Waals surface area contributed by atoms with Crippen molar-refractivity contribution in [2.75, 3.05) is 33.3 Å². The second-order valence-electron chi connectivity index (χ2n) is 5.02. The van der Waals surface area contributed by atoms with E-state index in [-0.39, 0.29) is 5.91 Å². The van der Waals surface area contributed by atoms with Crippen molar-refractivity contribution in [1.82, 2.24) is 0 Å². The summed E-state index contributed by atoms with van der Waals surface area (Å²) in [4.78, 5) is 14.1. The number of rotatable bonds is 6. The van der Waals surface area contributed by atoms with Crippen molar-refractivity contribution in [3.63, 3.8) is 0 Å². The summed E-state index contributed by atoms with van der Waals surface area (Å²) in [7, 11) is 6.50. The number of amides is 1. The van der Waals surface area contributed by atoms with E-state index in [2.05, 4.69) is 0 Å². The van der Waals surface area contributed by atoms with Gasteiger partial charge < -0.3 is 19.1 Å². The number of anilines is 1. The van der Waals surface area contributed by atoms with Gasteiger partial charge in [-0.3, -0.25) is 4.79 Å². The number of hydrogen-bond acceptors (Lipinski definition) is 4. The van der Waals surface area contributed by atoms with Crippen molar-refractivity contribution in [2.24, 2.45) is 0 Å². The predicted molar refractivity (Wildman–Crippen MR) is 89.7 cm³/mol. The average molecular weight is 315 g/mol. The zero-order valence-electron chi connectivity index (χ0n) is 13.8. The molecular formula is C18H21NO4. The Morgan fingerprint density at radius 2 is 1.70 bits per heavy atom. The molecule has 0 fully saturated rings. The summed E-state index contributed by atoms with van der Waals surface area (Å²) in [6, 6.07) is 12.9. The quantitative estimate of drug-likeness (QED) is 0.822. The van der Waals surface area contributed by atoms with Crippen LogP contribution in [0.15, 0.2) is 42.5 Å². The maximum Gasteiger partial charge on any atom is 0.231 e. The smallest absolute Gasteiger partial charge is 0.231 e. The maximum atomic E-state index is 12.5. The Morgan fingerprint density at radius 3 is 2.35 bits per heavy atom. The van der Waals surface area contributed by atoms with E-state index in [4.69, 9.17) is 14.2 Å². The van der Waals surface area contributed by atoms with Crippen LogP contribution in [-0.4, -0.2) is 34.3 Å². The van der Waals surface area contributed by atoms with Crippen LogP contribution in [-0.2, 0) is 11.2 Å². The van der Waals surface area contributed by atoms with Gasteiger partial charge in [0.05, 0.1) is 27.8 Å². The number of benzene rings is 2. The minimum atomic E-state index is -0.0227. The van der Waals surface area contributed by atoms with Crippen LogP contribution >= 0.6 is 0 Å². The lowest BCUT2D eigenvalue weighted by molar-refractivity contribution is -0.117. The monoisotopic (exact) mass is 315 g/mol. The molecule has 2 rings (SSSR count). The molecule has 0 aliphatic carbocycles. The minimum Gasteiger partial charge on any atom is -0.497 e. The van der Waals surface area contributed by atoms with E-state index in [0.29, 0.717) is 17.9 Å². The van der Waals surface area contributed by atoms with Gasteiger partial charge in [-0.2, -0.15) is 0 Å². The van der Waals surface area contributed by atoms with Crippen molar-refractivity contribution in [3.8, 4) is 17.2 Å². The molecule has 1 amide bonds. The summed E-state index contributed by atoms with van der Waals surface area (Å²) in [5.41, 5.74) is 1.65. The summed E-state index contributed by atoms with van der Waals surface area (Å²) in [6.07, 6.45) is 0.294. The predicted octanol–water partition coefficient (Wildman–Crippen LogP) is 2.92. The van der Waals surface area contributed by atoms with Crippen molar-refractivity contribution in [2.45, 2.75) is 6.42 Å². The molecule has 0 N–H and O–H groups in total. The van der Waals surface area contributed by atoms with Crippen LogP contribution in [0.5, 0.6) is 17.2 Å². The van der Waals surface area contributed by atoms with Crippen molar-refractivity contribution >= 4 is 11.6 Å². The fourth-order valence-corrected chi connectivity index (χ4v) is 2.25. The lowest BCUT2D eigenvalue weighted by Crippen LogP contribution is -2.27. The topological polar surface area (TPSA) is 48.0 Å². The van der Waals surface area contributed by atoms with Crippen LogP contribution in [0.3, 0.4) is 0 Å². The third kappa shape index (κ3) is 3.94. The zero-order chi connectivity index (χ0) is 16.8. The Labute approximate surface area is 136 Å². The molecule has 0 heterocycles.